The maximum atomic E-state index is 12.2. The molecular formula is C15H21N5O. The number of pyridine rings is 1. The number of aryl methyl sites for hydroxylation is 2. The molecule has 0 aliphatic carbocycles. The number of aromatic nitrogens is 3. The van der Waals surface area contributed by atoms with Crippen molar-refractivity contribution >= 4 is 5.91 Å². The van der Waals surface area contributed by atoms with Gasteiger partial charge in [-0.15, -0.1) is 0 Å². The Kier molecular flexibility index (Phi) is 5.05. The second-order valence-corrected chi connectivity index (χ2v) is 5.00. The zero-order chi connectivity index (χ0) is 15.2. The van der Waals surface area contributed by atoms with E-state index in [4.69, 9.17) is 5.73 Å². The van der Waals surface area contributed by atoms with Crippen LogP contribution in [0, 0.1) is 13.8 Å². The molecule has 1 amide bonds. The highest BCUT2D eigenvalue weighted by Crippen LogP contribution is 2.08. The van der Waals surface area contributed by atoms with Crippen molar-refractivity contribution in [1.82, 2.24) is 20.1 Å². The summed E-state index contributed by atoms with van der Waals surface area (Å²) < 4.78 is 1.81. The predicted octanol–water partition coefficient (Wildman–Crippen LogP) is 1.17. The fraction of sp³-hybridized carbons (Fsp3) is 0.400. The van der Waals surface area contributed by atoms with Gasteiger partial charge in [0.2, 0.25) is 0 Å². The molecule has 0 bridgehead atoms. The summed E-state index contributed by atoms with van der Waals surface area (Å²) in [6.45, 7) is 5.63. The van der Waals surface area contributed by atoms with Gasteiger partial charge in [0, 0.05) is 30.7 Å². The van der Waals surface area contributed by atoms with Crippen LogP contribution >= 0.6 is 0 Å². The van der Waals surface area contributed by atoms with E-state index in [-0.39, 0.29) is 5.91 Å². The van der Waals surface area contributed by atoms with E-state index in [0.717, 1.165) is 29.9 Å². The number of hydrogen-bond acceptors (Lipinski definition) is 4. The Balaban J connectivity index is 1.97. The summed E-state index contributed by atoms with van der Waals surface area (Å²) in [6.07, 6.45) is 4.22. The van der Waals surface area contributed by atoms with Gasteiger partial charge in [0.05, 0.1) is 11.8 Å². The molecule has 0 spiro atoms. The summed E-state index contributed by atoms with van der Waals surface area (Å²) in [5, 5.41) is 7.12. The Morgan fingerprint density at radius 2 is 2.14 bits per heavy atom. The molecule has 2 rings (SSSR count). The molecule has 21 heavy (non-hydrogen) atoms. The Morgan fingerprint density at radius 3 is 2.81 bits per heavy atom. The number of carbonyl (C=O) groups is 1. The summed E-state index contributed by atoms with van der Waals surface area (Å²) in [5.74, 6) is -0.118. The highest BCUT2D eigenvalue weighted by Gasteiger charge is 2.13. The number of amides is 1. The zero-order valence-corrected chi connectivity index (χ0v) is 12.5. The standard InChI is InChI=1S/C15H21N5O/c1-11-4-5-13(8-17-11)9-18-15(21)14-10-19-20(12(14)2)7-3-6-16/h4-5,8,10H,3,6-7,9,16H2,1-2H3,(H,18,21). The highest BCUT2D eigenvalue weighted by atomic mass is 16.1. The summed E-state index contributed by atoms with van der Waals surface area (Å²) in [5.41, 5.74) is 8.89. The number of nitrogens with zero attached hydrogens (tertiary/aromatic N) is 3. The van der Waals surface area contributed by atoms with Crippen LogP contribution in [0.1, 0.15) is 33.7 Å². The van der Waals surface area contributed by atoms with Gasteiger partial charge < -0.3 is 11.1 Å². The van der Waals surface area contributed by atoms with Crippen LogP contribution in [0.25, 0.3) is 0 Å². The van der Waals surface area contributed by atoms with Crippen molar-refractivity contribution in [3.05, 3.63) is 47.0 Å². The van der Waals surface area contributed by atoms with E-state index in [1.807, 2.05) is 30.7 Å². The van der Waals surface area contributed by atoms with Gasteiger partial charge >= 0.3 is 0 Å². The molecule has 0 aliphatic rings. The van der Waals surface area contributed by atoms with E-state index in [2.05, 4.69) is 15.4 Å². The molecule has 0 unspecified atom stereocenters. The van der Waals surface area contributed by atoms with Gasteiger partial charge in [-0.25, -0.2) is 0 Å². The van der Waals surface area contributed by atoms with Crippen molar-refractivity contribution in [3.8, 4) is 0 Å². The zero-order valence-electron chi connectivity index (χ0n) is 12.5. The SMILES string of the molecule is Cc1ccc(CNC(=O)c2cnn(CCCN)c2C)cn1. The molecule has 0 aromatic carbocycles. The first-order chi connectivity index (χ1) is 10.1. The average Bonchev–Trinajstić information content (AvgIpc) is 2.85. The first-order valence-electron chi connectivity index (χ1n) is 7.04. The molecule has 0 atom stereocenters. The van der Waals surface area contributed by atoms with Crippen molar-refractivity contribution in [1.29, 1.82) is 0 Å². The first-order valence-corrected chi connectivity index (χ1v) is 7.04. The first kappa shape index (κ1) is 15.2. The van der Waals surface area contributed by atoms with Crippen LogP contribution < -0.4 is 11.1 Å². The molecule has 6 heteroatoms. The molecule has 6 nitrogen and oxygen atoms in total. The molecule has 2 heterocycles. The largest absolute Gasteiger partial charge is 0.348 e. The molecular weight excluding hydrogens is 266 g/mol. The normalized spacial score (nSPS) is 10.6. The van der Waals surface area contributed by atoms with Gasteiger partial charge in [-0.3, -0.25) is 14.5 Å². The monoisotopic (exact) mass is 287 g/mol. The summed E-state index contributed by atoms with van der Waals surface area (Å²) in [4.78, 5) is 16.4. The minimum absolute atomic E-state index is 0.118. The molecule has 0 fully saturated rings. The quantitative estimate of drug-likeness (QED) is 0.835. The minimum Gasteiger partial charge on any atom is -0.348 e. The maximum Gasteiger partial charge on any atom is 0.255 e. The lowest BCUT2D eigenvalue weighted by Crippen LogP contribution is -2.23. The number of nitrogens with two attached hydrogens (primary N) is 1. The summed E-state index contributed by atoms with van der Waals surface area (Å²) in [7, 11) is 0. The molecule has 3 N–H and O–H groups in total. The third-order valence-corrected chi connectivity index (χ3v) is 3.35. The van der Waals surface area contributed by atoms with Crippen LogP contribution in [0.3, 0.4) is 0 Å². The topological polar surface area (TPSA) is 85.8 Å². The third-order valence-electron chi connectivity index (χ3n) is 3.35. The molecule has 2 aromatic heterocycles. The van der Waals surface area contributed by atoms with Crippen molar-refractivity contribution in [3.63, 3.8) is 0 Å². The van der Waals surface area contributed by atoms with Crippen LogP contribution in [0.2, 0.25) is 0 Å². The minimum atomic E-state index is -0.118. The predicted molar refractivity (Wildman–Crippen MR) is 80.8 cm³/mol. The lowest BCUT2D eigenvalue weighted by Gasteiger charge is -2.06. The fourth-order valence-electron chi connectivity index (χ4n) is 2.02. The van der Waals surface area contributed by atoms with Crippen LogP contribution in [-0.2, 0) is 13.1 Å². The van der Waals surface area contributed by atoms with Crippen LogP contribution in [-0.4, -0.2) is 27.2 Å². The number of hydrogen-bond donors (Lipinski definition) is 2. The third kappa shape index (κ3) is 3.88. The van der Waals surface area contributed by atoms with Crippen molar-refractivity contribution in [2.75, 3.05) is 6.54 Å². The van der Waals surface area contributed by atoms with E-state index in [1.165, 1.54) is 0 Å². The summed E-state index contributed by atoms with van der Waals surface area (Å²) >= 11 is 0. The van der Waals surface area contributed by atoms with E-state index in [1.54, 1.807) is 12.4 Å². The Labute approximate surface area is 124 Å². The van der Waals surface area contributed by atoms with Crippen LogP contribution in [0.5, 0.6) is 0 Å². The Hall–Kier alpha value is -2.21. The van der Waals surface area contributed by atoms with Gasteiger partial charge in [-0.05, 0) is 38.4 Å². The number of rotatable bonds is 6. The molecule has 2 aromatic rings. The van der Waals surface area contributed by atoms with Crippen molar-refractivity contribution < 1.29 is 4.79 Å². The molecule has 0 saturated carbocycles. The lowest BCUT2D eigenvalue weighted by molar-refractivity contribution is 0.0950. The molecule has 0 radical (unpaired) electrons. The van der Waals surface area contributed by atoms with Gasteiger partial charge in [-0.2, -0.15) is 5.10 Å². The summed E-state index contributed by atoms with van der Waals surface area (Å²) in [6, 6.07) is 3.89. The van der Waals surface area contributed by atoms with Crippen LogP contribution in [0.4, 0.5) is 0 Å². The van der Waals surface area contributed by atoms with Crippen molar-refractivity contribution in [2.45, 2.75) is 33.4 Å². The average molecular weight is 287 g/mol. The number of nitrogens with one attached hydrogen (secondary N) is 1. The van der Waals surface area contributed by atoms with Gasteiger partial charge in [-0.1, -0.05) is 6.07 Å². The fourth-order valence-corrected chi connectivity index (χ4v) is 2.02. The van der Waals surface area contributed by atoms with E-state index < -0.39 is 0 Å². The maximum absolute atomic E-state index is 12.2. The van der Waals surface area contributed by atoms with Crippen molar-refractivity contribution in [2.24, 2.45) is 5.73 Å². The number of carbonyl (C=O) groups excluding carboxylic acids is 1. The van der Waals surface area contributed by atoms with E-state index in [0.29, 0.717) is 18.7 Å². The molecule has 0 aliphatic heterocycles. The van der Waals surface area contributed by atoms with Gasteiger partial charge in [0.25, 0.3) is 5.91 Å². The molecule has 112 valence electrons. The van der Waals surface area contributed by atoms with Crippen LogP contribution in [0.15, 0.2) is 24.5 Å². The Bertz CT molecular complexity index is 603. The van der Waals surface area contributed by atoms with Gasteiger partial charge in [0.1, 0.15) is 0 Å². The van der Waals surface area contributed by atoms with Gasteiger partial charge in [0.15, 0.2) is 0 Å². The second-order valence-electron chi connectivity index (χ2n) is 5.00. The highest BCUT2D eigenvalue weighted by molar-refractivity contribution is 5.94. The van der Waals surface area contributed by atoms with E-state index in [9.17, 15) is 4.79 Å². The smallest absolute Gasteiger partial charge is 0.255 e. The molecule has 0 saturated heterocycles. The van der Waals surface area contributed by atoms with E-state index >= 15 is 0 Å². The lowest BCUT2D eigenvalue weighted by atomic mass is 10.2. The second kappa shape index (κ2) is 6.99. The Morgan fingerprint density at radius 1 is 1.33 bits per heavy atom.